The number of aromatic carboxylic acids is 1. The van der Waals surface area contributed by atoms with Crippen molar-refractivity contribution in [2.75, 3.05) is 0 Å². The summed E-state index contributed by atoms with van der Waals surface area (Å²) in [6, 6.07) is 4.68. The van der Waals surface area contributed by atoms with Crippen molar-refractivity contribution in [3.8, 4) is 5.75 Å². The van der Waals surface area contributed by atoms with Crippen LogP contribution in [0.2, 0.25) is 5.02 Å². The molecule has 2 rings (SSSR count). The van der Waals surface area contributed by atoms with Crippen molar-refractivity contribution >= 4 is 45.4 Å². The molecule has 2 aromatic rings. The minimum atomic E-state index is -0.980. The molecule has 0 bridgehead atoms. The number of nitrogens with zero attached hydrogens (tertiary/aromatic N) is 1. The zero-order valence-corrected chi connectivity index (χ0v) is 15.2. The van der Waals surface area contributed by atoms with E-state index in [1.807, 2.05) is 13.8 Å². The molecule has 120 valence electrons. The summed E-state index contributed by atoms with van der Waals surface area (Å²) in [5.41, 5.74) is 3.59. The minimum Gasteiger partial charge on any atom is -0.506 e. The first kappa shape index (κ1) is 17.5. The largest absolute Gasteiger partial charge is 0.506 e. The van der Waals surface area contributed by atoms with E-state index in [-0.39, 0.29) is 11.3 Å². The van der Waals surface area contributed by atoms with Crippen LogP contribution in [0.1, 0.15) is 32.6 Å². The van der Waals surface area contributed by atoms with Gasteiger partial charge in [-0.2, -0.15) is 0 Å². The SMILES string of the molecule is Cc1cc(C(=O)O)ccc1N=Cc1c(C)c(Cl)c(C)c(Br)c1O. The Kier molecular flexibility index (Phi) is 5.12. The Bertz CT molecular complexity index is 802. The van der Waals surface area contributed by atoms with E-state index in [1.165, 1.54) is 12.3 Å². The molecule has 0 amide bonds. The average molecular weight is 397 g/mol. The maximum atomic E-state index is 10.9. The van der Waals surface area contributed by atoms with Crippen molar-refractivity contribution in [2.24, 2.45) is 4.99 Å². The van der Waals surface area contributed by atoms with Gasteiger partial charge >= 0.3 is 5.97 Å². The highest BCUT2D eigenvalue weighted by atomic mass is 79.9. The Labute approximate surface area is 147 Å². The lowest BCUT2D eigenvalue weighted by Gasteiger charge is -2.12. The third-order valence-corrected chi connectivity index (χ3v) is 5.17. The predicted molar refractivity (Wildman–Crippen MR) is 95.7 cm³/mol. The number of halogens is 2. The molecule has 0 saturated heterocycles. The zero-order chi connectivity index (χ0) is 17.3. The molecule has 0 aromatic heterocycles. The first-order chi connectivity index (χ1) is 10.7. The number of aromatic hydroxyl groups is 1. The molecule has 0 aliphatic carbocycles. The van der Waals surface area contributed by atoms with E-state index in [2.05, 4.69) is 20.9 Å². The van der Waals surface area contributed by atoms with Gasteiger partial charge in [-0.1, -0.05) is 11.6 Å². The summed E-state index contributed by atoms with van der Waals surface area (Å²) in [6.45, 7) is 5.40. The molecule has 0 atom stereocenters. The number of benzene rings is 2. The fraction of sp³-hybridized carbons (Fsp3) is 0.176. The Morgan fingerprint density at radius 1 is 1.26 bits per heavy atom. The number of carboxylic acid groups (broad SMARTS) is 1. The highest BCUT2D eigenvalue weighted by molar-refractivity contribution is 9.10. The fourth-order valence-electron chi connectivity index (χ4n) is 2.19. The average Bonchev–Trinajstić information content (AvgIpc) is 2.52. The van der Waals surface area contributed by atoms with Crippen molar-refractivity contribution < 1.29 is 15.0 Å². The van der Waals surface area contributed by atoms with Crippen LogP contribution in [0.25, 0.3) is 0 Å². The molecule has 0 spiro atoms. The molecule has 0 radical (unpaired) electrons. The van der Waals surface area contributed by atoms with E-state index in [0.29, 0.717) is 20.7 Å². The van der Waals surface area contributed by atoms with Gasteiger partial charge in [-0.25, -0.2) is 4.79 Å². The van der Waals surface area contributed by atoms with E-state index >= 15 is 0 Å². The first-order valence-electron chi connectivity index (χ1n) is 6.79. The van der Waals surface area contributed by atoms with E-state index in [1.54, 1.807) is 19.1 Å². The van der Waals surface area contributed by atoms with Crippen molar-refractivity contribution in [1.82, 2.24) is 0 Å². The predicted octanol–water partition coefficient (Wildman–Crippen LogP) is 5.18. The molecular weight excluding hydrogens is 382 g/mol. The maximum absolute atomic E-state index is 10.9. The number of aliphatic imine (C=N–C) groups is 1. The topological polar surface area (TPSA) is 69.9 Å². The minimum absolute atomic E-state index is 0.0768. The number of phenols is 1. The van der Waals surface area contributed by atoms with Crippen molar-refractivity contribution in [3.63, 3.8) is 0 Å². The summed E-state index contributed by atoms with van der Waals surface area (Å²) in [6.07, 6.45) is 1.53. The lowest BCUT2D eigenvalue weighted by Crippen LogP contribution is -1.96. The van der Waals surface area contributed by atoms with Crippen LogP contribution in [0.5, 0.6) is 5.75 Å². The molecule has 0 unspecified atom stereocenters. The van der Waals surface area contributed by atoms with Crippen LogP contribution in [-0.4, -0.2) is 22.4 Å². The Hall–Kier alpha value is -1.85. The second-order valence-electron chi connectivity index (χ2n) is 5.20. The van der Waals surface area contributed by atoms with Gasteiger partial charge in [-0.3, -0.25) is 4.99 Å². The number of phenolic OH excluding ortho intramolecular Hbond substituents is 1. The quantitative estimate of drug-likeness (QED) is 0.702. The summed E-state index contributed by atoms with van der Waals surface area (Å²) >= 11 is 9.58. The van der Waals surface area contributed by atoms with Crippen LogP contribution < -0.4 is 0 Å². The van der Waals surface area contributed by atoms with Gasteiger partial charge in [0.05, 0.1) is 15.7 Å². The summed E-state index contributed by atoms with van der Waals surface area (Å²) in [5, 5.41) is 19.8. The lowest BCUT2D eigenvalue weighted by atomic mass is 10.0. The van der Waals surface area contributed by atoms with Crippen LogP contribution in [0, 0.1) is 20.8 Å². The molecule has 4 nitrogen and oxygen atoms in total. The van der Waals surface area contributed by atoms with Crippen LogP contribution in [0.4, 0.5) is 5.69 Å². The van der Waals surface area contributed by atoms with Crippen molar-refractivity contribution in [3.05, 3.63) is 55.5 Å². The van der Waals surface area contributed by atoms with Gasteiger partial charge in [0.2, 0.25) is 0 Å². The third kappa shape index (κ3) is 3.41. The number of hydrogen-bond donors (Lipinski definition) is 2. The van der Waals surface area contributed by atoms with E-state index in [9.17, 15) is 9.90 Å². The van der Waals surface area contributed by atoms with Crippen molar-refractivity contribution in [1.29, 1.82) is 0 Å². The second kappa shape index (κ2) is 6.72. The van der Waals surface area contributed by atoms with E-state index < -0.39 is 5.97 Å². The molecule has 0 saturated carbocycles. The Balaban J connectivity index is 2.48. The standard InChI is InChI=1S/C17H15BrClNO3/c1-8-6-11(17(22)23)4-5-13(8)20-7-12-9(2)15(19)10(3)14(18)16(12)21/h4-7,21H,1-3H3,(H,22,23). The molecule has 6 heteroatoms. The van der Waals surface area contributed by atoms with Gasteiger partial charge in [0.15, 0.2) is 0 Å². The summed E-state index contributed by atoms with van der Waals surface area (Å²) in [5.74, 6) is -0.903. The lowest BCUT2D eigenvalue weighted by molar-refractivity contribution is 0.0697. The molecule has 23 heavy (non-hydrogen) atoms. The molecular formula is C17H15BrClNO3. The van der Waals surface area contributed by atoms with E-state index in [4.69, 9.17) is 16.7 Å². The van der Waals surface area contributed by atoms with Gasteiger partial charge in [0.25, 0.3) is 0 Å². The van der Waals surface area contributed by atoms with Crippen LogP contribution in [0.3, 0.4) is 0 Å². The smallest absolute Gasteiger partial charge is 0.335 e. The summed E-state index contributed by atoms with van der Waals surface area (Å²) in [7, 11) is 0. The molecule has 0 fully saturated rings. The van der Waals surface area contributed by atoms with Gasteiger partial charge < -0.3 is 10.2 Å². The number of carboxylic acids is 1. The summed E-state index contributed by atoms with van der Waals surface area (Å²) < 4.78 is 0.535. The number of hydrogen-bond acceptors (Lipinski definition) is 3. The Morgan fingerprint density at radius 2 is 1.91 bits per heavy atom. The molecule has 2 aromatic carbocycles. The van der Waals surface area contributed by atoms with Crippen LogP contribution in [0.15, 0.2) is 27.7 Å². The number of carbonyl (C=O) groups is 1. The highest BCUT2D eigenvalue weighted by Crippen LogP contribution is 2.38. The highest BCUT2D eigenvalue weighted by Gasteiger charge is 2.15. The molecule has 0 heterocycles. The van der Waals surface area contributed by atoms with Crippen molar-refractivity contribution in [2.45, 2.75) is 20.8 Å². The Morgan fingerprint density at radius 3 is 2.48 bits per heavy atom. The monoisotopic (exact) mass is 395 g/mol. The maximum Gasteiger partial charge on any atom is 0.335 e. The summed E-state index contributed by atoms with van der Waals surface area (Å²) in [4.78, 5) is 15.3. The van der Waals surface area contributed by atoms with Gasteiger partial charge in [-0.15, -0.1) is 0 Å². The molecule has 2 N–H and O–H groups in total. The second-order valence-corrected chi connectivity index (χ2v) is 6.38. The number of aryl methyl sites for hydroxylation is 1. The van der Waals surface area contributed by atoms with Gasteiger partial charge in [0, 0.05) is 16.8 Å². The third-order valence-electron chi connectivity index (χ3n) is 3.63. The zero-order valence-electron chi connectivity index (χ0n) is 12.8. The van der Waals surface area contributed by atoms with E-state index in [0.717, 1.165) is 16.7 Å². The van der Waals surface area contributed by atoms with Crippen LogP contribution in [-0.2, 0) is 0 Å². The molecule has 0 aliphatic heterocycles. The fourth-order valence-corrected chi connectivity index (χ4v) is 2.92. The van der Waals surface area contributed by atoms with Gasteiger partial charge in [-0.05, 0) is 71.6 Å². The van der Waals surface area contributed by atoms with Gasteiger partial charge in [0.1, 0.15) is 5.75 Å². The van der Waals surface area contributed by atoms with Crippen LogP contribution >= 0.6 is 27.5 Å². The first-order valence-corrected chi connectivity index (χ1v) is 7.96. The molecule has 0 aliphatic rings. The normalized spacial score (nSPS) is 11.2. The number of rotatable bonds is 3.